The Balaban J connectivity index is 1.60. The number of hydrogen-bond donors (Lipinski definition) is 0. The average Bonchev–Trinajstić information content (AvgIpc) is 2.96. The van der Waals surface area contributed by atoms with Crippen LogP contribution in [0.5, 0.6) is 0 Å². The van der Waals surface area contributed by atoms with Crippen LogP contribution in [0.2, 0.25) is 0 Å². The molecule has 1 aliphatic heterocycles. The topological polar surface area (TPSA) is 25.4 Å². The van der Waals surface area contributed by atoms with Crippen LogP contribution in [0.4, 0.5) is 17.6 Å². The summed E-state index contributed by atoms with van der Waals surface area (Å²) in [5.41, 5.74) is 1.46. The minimum atomic E-state index is -0.676. The third kappa shape index (κ3) is 5.77. The third-order valence-corrected chi connectivity index (χ3v) is 8.43. The van der Waals surface area contributed by atoms with Gasteiger partial charge in [-0.3, -0.25) is 9.88 Å². The molecule has 5 rings (SSSR count). The number of aromatic nitrogens is 1. The summed E-state index contributed by atoms with van der Waals surface area (Å²) in [6.45, 7) is 4.70. The zero-order valence-electron chi connectivity index (χ0n) is 22.8. The molecule has 1 saturated heterocycles. The number of para-hydroxylation sites is 1. The summed E-state index contributed by atoms with van der Waals surface area (Å²) < 4.78 is 65.5. The lowest BCUT2D eigenvalue weighted by Gasteiger charge is -2.47. The van der Waals surface area contributed by atoms with E-state index in [1.54, 1.807) is 6.20 Å². The summed E-state index contributed by atoms with van der Waals surface area (Å²) >= 11 is 0. The van der Waals surface area contributed by atoms with E-state index in [9.17, 15) is 17.6 Å². The van der Waals surface area contributed by atoms with Crippen molar-refractivity contribution in [3.63, 3.8) is 0 Å². The van der Waals surface area contributed by atoms with Crippen molar-refractivity contribution in [2.75, 3.05) is 6.54 Å². The van der Waals surface area contributed by atoms with Gasteiger partial charge in [-0.15, -0.1) is 0 Å². The van der Waals surface area contributed by atoms with Crippen molar-refractivity contribution < 1.29 is 22.3 Å². The summed E-state index contributed by atoms with van der Waals surface area (Å²) in [5, 5.41) is 0.867. The number of rotatable bonds is 9. The maximum atomic E-state index is 14.9. The molecule has 3 nitrogen and oxygen atoms in total. The van der Waals surface area contributed by atoms with Crippen molar-refractivity contribution in [1.29, 1.82) is 0 Å². The summed E-state index contributed by atoms with van der Waals surface area (Å²) in [6, 6.07) is 16.9. The molecule has 2 heterocycles. The van der Waals surface area contributed by atoms with Crippen molar-refractivity contribution in [3.05, 3.63) is 113 Å². The van der Waals surface area contributed by atoms with Crippen LogP contribution < -0.4 is 0 Å². The standard InChI is InChI=1S/C33H34F4N2O/c1-3-21-17-32(39(18-22(21)4-2)19-25-27(34)10-7-11-28(25)35)33(40-20-26-29(36)12-8-13-30(26)37)24-15-16-38-31-14-6-5-9-23(24)31/h5-16,21-22,32-33H,3-4,17-20H2,1-2H3. The first kappa shape index (κ1) is 28.2. The van der Waals surface area contributed by atoms with Crippen LogP contribution in [-0.4, -0.2) is 22.5 Å². The van der Waals surface area contributed by atoms with Gasteiger partial charge in [0.25, 0.3) is 0 Å². The number of piperidine rings is 1. The van der Waals surface area contributed by atoms with Crippen LogP contribution in [0.25, 0.3) is 10.9 Å². The molecule has 1 aromatic heterocycles. The van der Waals surface area contributed by atoms with E-state index in [0.717, 1.165) is 29.3 Å². The molecule has 0 amide bonds. The highest BCUT2D eigenvalue weighted by atomic mass is 19.1. The molecule has 7 heteroatoms. The second kappa shape index (κ2) is 12.5. The molecule has 1 aliphatic rings. The minimum absolute atomic E-state index is 0.00999. The Bertz CT molecular complexity index is 1420. The normalized spacial score (nSPS) is 20.6. The zero-order valence-corrected chi connectivity index (χ0v) is 22.8. The van der Waals surface area contributed by atoms with Gasteiger partial charge in [-0.05, 0) is 60.2 Å². The van der Waals surface area contributed by atoms with Crippen LogP contribution >= 0.6 is 0 Å². The van der Waals surface area contributed by atoms with E-state index in [0.29, 0.717) is 24.8 Å². The van der Waals surface area contributed by atoms with E-state index in [1.807, 2.05) is 30.3 Å². The molecule has 0 N–H and O–H groups in total. The first-order chi connectivity index (χ1) is 19.4. The third-order valence-electron chi connectivity index (χ3n) is 8.43. The number of halogens is 4. The Morgan fingerprint density at radius 1 is 0.800 bits per heavy atom. The van der Waals surface area contributed by atoms with Gasteiger partial charge in [-0.2, -0.15) is 0 Å². The van der Waals surface area contributed by atoms with E-state index in [1.165, 1.54) is 36.4 Å². The van der Waals surface area contributed by atoms with E-state index in [-0.39, 0.29) is 30.3 Å². The molecule has 40 heavy (non-hydrogen) atoms. The lowest BCUT2D eigenvalue weighted by molar-refractivity contribution is -0.0670. The molecule has 4 atom stereocenters. The molecule has 0 spiro atoms. The van der Waals surface area contributed by atoms with E-state index >= 15 is 0 Å². The van der Waals surface area contributed by atoms with Crippen molar-refractivity contribution >= 4 is 10.9 Å². The maximum absolute atomic E-state index is 14.9. The number of benzene rings is 3. The van der Waals surface area contributed by atoms with Crippen molar-refractivity contribution in [2.24, 2.45) is 11.8 Å². The number of nitrogens with zero attached hydrogens (tertiary/aromatic N) is 2. The SMILES string of the molecule is CCC1CC(C(OCc2c(F)cccc2F)c2ccnc3ccccc23)N(Cc2c(F)cccc2F)CC1CC. The molecule has 0 bridgehead atoms. The molecule has 0 radical (unpaired) electrons. The smallest absolute Gasteiger partial charge is 0.131 e. The number of fused-ring (bicyclic) bond motifs is 1. The summed E-state index contributed by atoms with van der Waals surface area (Å²) in [4.78, 5) is 6.59. The molecule has 0 aliphatic carbocycles. The fourth-order valence-electron chi connectivity index (χ4n) is 6.20. The second-order valence-electron chi connectivity index (χ2n) is 10.6. The van der Waals surface area contributed by atoms with Crippen molar-refractivity contribution in [2.45, 2.75) is 58.4 Å². The highest BCUT2D eigenvalue weighted by Gasteiger charge is 2.40. The molecule has 3 aromatic carbocycles. The fourth-order valence-corrected chi connectivity index (χ4v) is 6.20. The Morgan fingerprint density at radius 3 is 2.08 bits per heavy atom. The number of ether oxygens (including phenoxy) is 1. The maximum Gasteiger partial charge on any atom is 0.131 e. The lowest BCUT2D eigenvalue weighted by Crippen LogP contribution is -2.50. The zero-order chi connectivity index (χ0) is 28.2. The van der Waals surface area contributed by atoms with Gasteiger partial charge in [0.15, 0.2) is 0 Å². The summed E-state index contributed by atoms with van der Waals surface area (Å²) in [5.74, 6) is -1.83. The molecular weight excluding hydrogens is 516 g/mol. The van der Waals surface area contributed by atoms with Crippen molar-refractivity contribution in [1.82, 2.24) is 9.88 Å². The van der Waals surface area contributed by atoms with Gasteiger partial charge in [0, 0.05) is 41.8 Å². The Hall–Kier alpha value is -3.29. The van der Waals surface area contributed by atoms with Crippen LogP contribution in [0, 0.1) is 35.1 Å². The molecule has 0 saturated carbocycles. The van der Waals surface area contributed by atoms with Crippen LogP contribution in [0.3, 0.4) is 0 Å². The molecule has 4 aromatic rings. The summed E-state index contributed by atoms with van der Waals surface area (Å²) in [6.07, 6.45) is 3.67. The average molecular weight is 551 g/mol. The first-order valence-corrected chi connectivity index (χ1v) is 14.0. The first-order valence-electron chi connectivity index (χ1n) is 14.0. The summed E-state index contributed by atoms with van der Waals surface area (Å²) in [7, 11) is 0. The van der Waals surface area contributed by atoms with E-state index in [4.69, 9.17) is 4.74 Å². The highest BCUT2D eigenvalue weighted by Crippen LogP contribution is 2.42. The van der Waals surface area contributed by atoms with E-state index in [2.05, 4.69) is 23.7 Å². The predicted octanol–water partition coefficient (Wildman–Crippen LogP) is 8.38. The molecule has 210 valence electrons. The van der Waals surface area contributed by atoms with Crippen LogP contribution in [0.1, 0.15) is 55.9 Å². The van der Waals surface area contributed by atoms with Gasteiger partial charge in [0.05, 0.1) is 18.2 Å². The second-order valence-corrected chi connectivity index (χ2v) is 10.6. The minimum Gasteiger partial charge on any atom is -0.367 e. The molecule has 4 unspecified atom stereocenters. The monoisotopic (exact) mass is 550 g/mol. The lowest BCUT2D eigenvalue weighted by atomic mass is 9.76. The Labute approximate surface area is 232 Å². The van der Waals surface area contributed by atoms with Gasteiger partial charge in [-0.25, -0.2) is 17.6 Å². The number of likely N-dealkylation sites (tertiary alicyclic amines) is 1. The highest BCUT2D eigenvalue weighted by molar-refractivity contribution is 5.82. The van der Waals surface area contributed by atoms with Gasteiger partial charge >= 0.3 is 0 Å². The van der Waals surface area contributed by atoms with Gasteiger partial charge in [0.1, 0.15) is 23.3 Å². The Morgan fingerprint density at radius 2 is 1.43 bits per heavy atom. The van der Waals surface area contributed by atoms with Gasteiger partial charge in [-0.1, -0.05) is 57.0 Å². The quantitative estimate of drug-likeness (QED) is 0.196. The molecular formula is C33H34F4N2O. The van der Waals surface area contributed by atoms with E-state index < -0.39 is 29.4 Å². The predicted molar refractivity (Wildman–Crippen MR) is 148 cm³/mol. The van der Waals surface area contributed by atoms with Crippen molar-refractivity contribution in [3.8, 4) is 0 Å². The number of pyridine rings is 1. The van der Waals surface area contributed by atoms with Crippen LogP contribution in [0.15, 0.2) is 72.9 Å². The molecule has 1 fully saturated rings. The number of hydrogen-bond acceptors (Lipinski definition) is 3. The van der Waals surface area contributed by atoms with Crippen LogP contribution in [-0.2, 0) is 17.9 Å². The largest absolute Gasteiger partial charge is 0.367 e. The fraction of sp³-hybridized carbons (Fsp3) is 0.364. The Kier molecular flexibility index (Phi) is 8.81. The van der Waals surface area contributed by atoms with Gasteiger partial charge < -0.3 is 4.74 Å². The van der Waals surface area contributed by atoms with Gasteiger partial charge in [0.2, 0.25) is 0 Å².